The van der Waals surface area contributed by atoms with Gasteiger partial charge in [-0.2, -0.15) is 5.10 Å². The van der Waals surface area contributed by atoms with Crippen molar-refractivity contribution in [2.24, 2.45) is 10.8 Å². The maximum Gasteiger partial charge on any atom is 0.310 e. The Kier molecular flexibility index (Phi) is 3.89. The highest BCUT2D eigenvalue weighted by Gasteiger charge is 2.45. The van der Waals surface area contributed by atoms with Gasteiger partial charge in [-0.15, -0.1) is 0 Å². The van der Waals surface area contributed by atoms with Crippen molar-refractivity contribution < 1.29 is 9.90 Å². The fraction of sp³-hybridized carbons (Fsp3) is 0.800. The van der Waals surface area contributed by atoms with Gasteiger partial charge in [-0.3, -0.25) is 4.79 Å². The number of aromatic nitrogens is 3. The van der Waals surface area contributed by atoms with Crippen LogP contribution in [-0.2, 0) is 11.2 Å². The zero-order valence-corrected chi connectivity index (χ0v) is 12.9. The van der Waals surface area contributed by atoms with E-state index in [1.54, 1.807) is 0 Å². The molecule has 5 heteroatoms. The molecule has 0 saturated heterocycles. The van der Waals surface area contributed by atoms with Crippen LogP contribution in [0.3, 0.4) is 0 Å². The summed E-state index contributed by atoms with van der Waals surface area (Å²) in [6.07, 6.45) is 5.36. The maximum absolute atomic E-state index is 11.8. The van der Waals surface area contributed by atoms with E-state index < -0.39 is 11.4 Å². The van der Waals surface area contributed by atoms with Crippen LogP contribution in [0.2, 0.25) is 0 Å². The van der Waals surface area contributed by atoms with Gasteiger partial charge in [0, 0.05) is 12.5 Å². The Morgan fingerprint density at radius 3 is 2.45 bits per heavy atom. The predicted octanol–water partition coefficient (Wildman–Crippen LogP) is 3.07. The zero-order chi connectivity index (χ0) is 15.0. The van der Waals surface area contributed by atoms with Crippen LogP contribution in [0.4, 0.5) is 0 Å². The molecule has 0 bridgehead atoms. The summed E-state index contributed by atoms with van der Waals surface area (Å²) in [5.74, 6) is 0.105. The van der Waals surface area contributed by atoms with Gasteiger partial charge in [0.05, 0.1) is 5.41 Å². The summed E-state index contributed by atoms with van der Waals surface area (Å²) in [6, 6.07) is 0.207. The highest BCUT2D eigenvalue weighted by Crippen LogP contribution is 2.46. The van der Waals surface area contributed by atoms with Crippen LogP contribution < -0.4 is 0 Å². The summed E-state index contributed by atoms with van der Waals surface area (Å²) < 4.78 is 1.84. The van der Waals surface area contributed by atoms with E-state index >= 15 is 0 Å². The Labute approximate surface area is 120 Å². The minimum absolute atomic E-state index is 0.207. The molecule has 0 aromatic carbocycles. The first-order valence-electron chi connectivity index (χ1n) is 7.38. The molecule has 0 spiro atoms. The van der Waals surface area contributed by atoms with Crippen LogP contribution >= 0.6 is 0 Å². The van der Waals surface area contributed by atoms with E-state index in [9.17, 15) is 9.90 Å². The minimum Gasteiger partial charge on any atom is -0.481 e. The SMILES string of the molecule is CC(C)n1ncnc1CC1(C(=O)O)CCC(C)(C)CC1. The number of hydrogen-bond donors (Lipinski definition) is 1. The summed E-state index contributed by atoms with van der Waals surface area (Å²) in [7, 11) is 0. The summed E-state index contributed by atoms with van der Waals surface area (Å²) in [4.78, 5) is 16.1. The van der Waals surface area contributed by atoms with Gasteiger partial charge < -0.3 is 5.11 Å². The second-order valence-electron chi connectivity index (χ2n) is 7.14. The Bertz CT molecular complexity index is 481. The second kappa shape index (κ2) is 5.19. The fourth-order valence-electron chi connectivity index (χ4n) is 3.01. The monoisotopic (exact) mass is 279 g/mol. The molecule has 1 aromatic rings. The average Bonchev–Trinajstić information content (AvgIpc) is 2.80. The van der Waals surface area contributed by atoms with Crippen molar-refractivity contribution in [1.29, 1.82) is 0 Å². The minimum atomic E-state index is -0.689. The standard InChI is InChI=1S/C15H25N3O2/c1-11(2)18-12(16-10-17-18)9-15(13(19)20)7-5-14(3,4)6-8-15/h10-11H,5-9H2,1-4H3,(H,19,20). The predicted molar refractivity (Wildman–Crippen MR) is 76.4 cm³/mol. The lowest BCUT2D eigenvalue weighted by Gasteiger charge is -2.40. The molecule has 1 fully saturated rings. The molecule has 0 unspecified atom stereocenters. The molecule has 1 aromatic heterocycles. The molecule has 0 atom stereocenters. The van der Waals surface area contributed by atoms with Crippen LogP contribution in [0, 0.1) is 10.8 Å². The highest BCUT2D eigenvalue weighted by atomic mass is 16.4. The Balaban J connectivity index is 2.23. The summed E-state index contributed by atoms with van der Waals surface area (Å²) in [5, 5.41) is 13.9. The van der Waals surface area contributed by atoms with E-state index in [0.29, 0.717) is 6.42 Å². The first-order valence-corrected chi connectivity index (χ1v) is 7.38. The third kappa shape index (κ3) is 2.86. The lowest BCUT2D eigenvalue weighted by atomic mass is 9.63. The topological polar surface area (TPSA) is 68.0 Å². The van der Waals surface area contributed by atoms with Crippen LogP contribution in [-0.4, -0.2) is 25.8 Å². The number of carboxylic acid groups (broad SMARTS) is 1. The highest BCUT2D eigenvalue weighted by molar-refractivity contribution is 5.75. The van der Waals surface area contributed by atoms with Crippen LogP contribution in [0.1, 0.15) is 65.2 Å². The molecule has 2 rings (SSSR count). The zero-order valence-electron chi connectivity index (χ0n) is 12.9. The number of rotatable bonds is 4. The lowest BCUT2D eigenvalue weighted by molar-refractivity contribution is -0.152. The van der Waals surface area contributed by atoms with Gasteiger partial charge in [-0.05, 0) is 44.9 Å². The van der Waals surface area contributed by atoms with Gasteiger partial charge in [-0.25, -0.2) is 9.67 Å². The van der Waals surface area contributed by atoms with Crippen molar-refractivity contribution in [2.75, 3.05) is 0 Å². The van der Waals surface area contributed by atoms with Crippen molar-refractivity contribution in [3.05, 3.63) is 12.2 Å². The van der Waals surface area contributed by atoms with Gasteiger partial charge in [0.1, 0.15) is 12.2 Å². The molecule has 1 heterocycles. The lowest BCUT2D eigenvalue weighted by Crippen LogP contribution is -2.40. The van der Waals surface area contributed by atoms with Crippen LogP contribution in [0.25, 0.3) is 0 Å². The van der Waals surface area contributed by atoms with Crippen molar-refractivity contribution >= 4 is 5.97 Å². The van der Waals surface area contributed by atoms with Crippen molar-refractivity contribution in [3.63, 3.8) is 0 Å². The third-order valence-corrected chi connectivity index (χ3v) is 4.65. The van der Waals surface area contributed by atoms with Gasteiger partial charge >= 0.3 is 5.97 Å². The largest absolute Gasteiger partial charge is 0.481 e. The molecule has 0 aliphatic heterocycles. The fourth-order valence-corrected chi connectivity index (χ4v) is 3.01. The average molecular weight is 279 g/mol. The quantitative estimate of drug-likeness (QED) is 0.919. The van der Waals surface area contributed by atoms with E-state index in [2.05, 4.69) is 23.9 Å². The number of hydrogen-bond acceptors (Lipinski definition) is 3. The molecule has 1 aliphatic carbocycles. The van der Waals surface area contributed by atoms with Crippen molar-refractivity contribution in [2.45, 2.75) is 65.8 Å². The maximum atomic E-state index is 11.8. The molecule has 20 heavy (non-hydrogen) atoms. The Hall–Kier alpha value is -1.39. The summed E-state index contributed by atoms with van der Waals surface area (Å²) in [6.45, 7) is 8.51. The molecular formula is C15H25N3O2. The van der Waals surface area contributed by atoms with Gasteiger partial charge in [0.15, 0.2) is 0 Å². The van der Waals surface area contributed by atoms with Crippen molar-refractivity contribution in [1.82, 2.24) is 14.8 Å². The van der Waals surface area contributed by atoms with Gasteiger partial charge in [0.25, 0.3) is 0 Å². The first-order chi connectivity index (χ1) is 9.26. The molecule has 1 N–H and O–H groups in total. The van der Waals surface area contributed by atoms with E-state index in [4.69, 9.17) is 0 Å². The number of aliphatic carboxylic acids is 1. The van der Waals surface area contributed by atoms with Gasteiger partial charge in [0.2, 0.25) is 0 Å². The molecule has 5 nitrogen and oxygen atoms in total. The Morgan fingerprint density at radius 1 is 1.35 bits per heavy atom. The molecule has 0 radical (unpaired) electrons. The molecule has 0 amide bonds. The molecular weight excluding hydrogens is 254 g/mol. The molecule has 1 saturated carbocycles. The van der Waals surface area contributed by atoms with Crippen molar-refractivity contribution in [3.8, 4) is 0 Å². The Morgan fingerprint density at radius 2 is 1.95 bits per heavy atom. The van der Waals surface area contributed by atoms with E-state index in [0.717, 1.165) is 31.5 Å². The second-order valence-corrected chi connectivity index (χ2v) is 7.14. The third-order valence-electron chi connectivity index (χ3n) is 4.65. The first kappa shape index (κ1) is 15.0. The number of carbonyl (C=O) groups is 1. The van der Waals surface area contributed by atoms with Crippen LogP contribution in [0.15, 0.2) is 6.33 Å². The summed E-state index contributed by atoms with van der Waals surface area (Å²) >= 11 is 0. The number of carboxylic acids is 1. The van der Waals surface area contributed by atoms with Crippen LogP contribution in [0.5, 0.6) is 0 Å². The molecule has 1 aliphatic rings. The van der Waals surface area contributed by atoms with E-state index in [1.807, 2.05) is 18.5 Å². The normalized spacial score (nSPS) is 21.1. The van der Waals surface area contributed by atoms with Gasteiger partial charge in [-0.1, -0.05) is 13.8 Å². The van der Waals surface area contributed by atoms with E-state index in [-0.39, 0.29) is 11.5 Å². The summed E-state index contributed by atoms with van der Waals surface area (Å²) in [5.41, 5.74) is -0.417. The smallest absolute Gasteiger partial charge is 0.310 e. The molecule has 112 valence electrons. The van der Waals surface area contributed by atoms with E-state index in [1.165, 1.54) is 6.33 Å². The number of nitrogens with zero attached hydrogens (tertiary/aromatic N) is 3.